The summed E-state index contributed by atoms with van der Waals surface area (Å²) in [6, 6.07) is 7.55. The zero-order valence-corrected chi connectivity index (χ0v) is 15.3. The highest BCUT2D eigenvalue weighted by Crippen LogP contribution is 2.18. The lowest BCUT2D eigenvalue weighted by Gasteiger charge is -2.35. The number of amides is 1. The summed E-state index contributed by atoms with van der Waals surface area (Å²) in [6.07, 6.45) is 1.48. The number of hydrogen-bond donors (Lipinski definition) is 1. The predicted molar refractivity (Wildman–Crippen MR) is 97.1 cm³/mol. The first-order chi connectivity index (χ1) is 12.6. The van der Waals surface area contributed by atoms with Crippen LogP contribution in [0.25, 0.3) is 0 Å². The molecule has 0 aliphatic carbocycles. The molecule has 2 heterocycles. The highest BCUT2D eigenvalue weighted by molar-refractivity contribution is 5.80. The van der Waals surface area contributed by atoms with E-state index in [0.29, 0.717) is 26.1 Å². The maximum absolute atomic E-state index is 12.5. The molecule has 0 aromatic heterocycles. The summed E-state index contributed by atoms with van der Waals surface area (Å²) in [6.45, 7) is 4.83. The van der Waals surface area contributed by atoms with Gasteiger partial charge in [-0.25, -0.2) is 0 Å². The molecule has 142 valence electrons. The fourth-order valence-corrected chi connectivity index (χ4v) is 3.71. The van der Waals surface area contributed by atoms with Crippen molar-refractivity contribution in [2.45, 2.75) is 25.4 Å². The molecule has 3 rings (SSSR count). The second-order valence-corrected chi connectivity index (χ2v) is 6.97. The average molecular weight is 361 g/mol. The third-order valence-corrected chi connectivity index (χ3v) is 5.28. The van der Waals surface area contributed by atoms with Crippen molar-refractivity contribution in [2.75, 3.05) is 46.4 Å². The highest BCUT2D eigenvalue weighted by atomic mass is 16.5. The normalized spacial score (nSPS) is 21.7. The van der Waals surface area contributed by atoms with Crippen LogP contribution < -0.4 is 4.74 Å². The molecule has 1 N–H and O–H groups in total. The minimum absolute atomic E-state index is 0.0437. The molecule has 2 saturated heterocycles. The molecular formula is C19H27N3O4. The Balaban J connectivity index is 1.45. The van der Waals surface area contributed by atoms with Gasteiger partial charge in [0.25, 0.3) is 0 Å². The summed E-state index contributed by atoms with van der Waals surface area (Å²) in [5.74, 6) is 0.0765. The Morgan fingerprint density at radius 3 is 2.42 bits per heavy atom. The van der Waals surface area contributed by atoms with Crippen molar-refractivity contribution >= 4 is 11.9 Å². The maximum Gasteiger partial charge on any atom is 0.320 e. The van der Waals surface area contributed by atoms with Crippen molar-refractivity contribution in [3.63, 3.8) is 0 Å². The number of nitrogens with zero attached hydrogens (tertiary/aromatic N) is 3. The summed E-state index contributed by atoms with van der Waals surface area (Å²) in [4.78, 5) is 29.8. The van der Waals surface area contributed by atoms with Crippen LogP contribution in [0.3, 0.4) is 0 Å². The van der Waals surface area contributed by atoms with E-state index in [-0.39, 0.29) is 12.5 Å². The first-order valence-corrected chi connectivity index (χ1v) is 9.17. The quantitative estimate of drug-likeness (QED) is 0.811. The molecule has 2 aliphatic rings. The molecule has 0 saturated carbocycles. The second-order valence-electron chi connectivity index (χ2n) is 6.97. The molecule has 1 atom stereocenters. The van der Waals surface area contributed by atoms with Gasteiger partial charge in [0.1, 0.15) is 11.8 Å². The van der Waals surface area contributed by atoms with Crippen LogP contribution in [-0.2, 0) is 16.1 Å². The number of carbonyl (C=O) groups is 2. The summed E-state index contributed by atoms with van der Waals surface area (Å²) in [7, 11) is 1.66. The number of methoxy groups -OCH3 is 1. The van der Waals surface area contributed by atoms with Crippen molar-refractivity contribution in [1.82, 2.24) is 14.7 Å². The van der Waals surface area contributed by atoms with Crippen LogP contribution >= 0.6 is 0 Å². The highest BCUT2D eigenvalue weighted by Gasteiger charge is 2.33. The molecular weight excluding hydrogens is 334 g/mol. The third kappa shape index (κ3) is 4.53. The van der Waals surface area contributed by atoms with Gasteiger partial charge in [0.15, 0.2) is 0 Å². The largest absolute Gasteiger partial charge is 0.497 e. The fourth-order valence-electron chi connectivity index (χ4n) is 3.71. The Morgan fingerprint density at radius 2 is 1.81 bits per heavy atom. The van der Waals surface area contributed by atoms with Crippen molar-refractivity contribution < 1.29 is 19.4 Å². The average Bonchev–Trinajstić information content (AvgIpc) is 3.11. The number of hydrogen-bond acceptors (Lipinski definition) is 5. The summed E-state index contributed by atoms with van der Waals surface area (Å²) in [5.41, 5.74) is 1.23. The maximum atomic E-state index is 12.5. The SMILES string of the molecule is COc1ccc(CN2CCN(C(=O)CN3CCCC3C(=O)O)CC2)cc1. The van der Waals surface area contributed by atoms with Gasteiger partial charge in [-0.3, -0.25) is 19.4 Å². The van der Waals surface area contributed by atoms with Gasteiger partial charge in [0.2, 0.25) is 5.91 Å². The van der Waals surface area contributed by atoms with Gasteiger partial charge < -0.3 is 14.7 Å². The molecule has 1 amide bonds. The van der Waals surface area contributed by atoms with Gasteiger partial charge in [-0.15, -0.1) is 0 Å². The molecule has 1 aromatic rings. The molecule has 1 unspecified atom stereocenters. The van der Waals surface area contributed by atoms with E-state index in [1.165, 1.54) is 5.56 Å². The summed E-state index contributed by atoms with van der Waals surface area (Å²) < 4.78 is 5.18. The predicted octanol–water partition coefficient (Wildman–Crippen LogP) is 0.888. The molecule has 0 spiro atoms. The number of ether oxygens (including phenoxy) is 1. The van der Waals surface area contributed by atoms with Crippen LogP contribution in [0.5, 0.6) is 5.75 Å². The summed E-state index contributed by atoms with van der Waals surface area (Å²) >= 11 is 0. The van der Waals surface area contributed by atoms with E-state index in [4.69, 9.17) is 4.74 Å². The minimum Gasteiger partial charge on any atom is -0.497 e. The number of benzene rings is 1. The number of likely N-dealkylation sites (tertiary alicyclic amines) is 1. The number of rotatable bonds is 6. The lowest BCUT2D eigenvalue weighted by atomic mass is 10.2. The Morgan fingerprint density at radius 1 is 1.12 bits per heavy atom. The molecule has 2 aliphatic heterocycles. The molecule has 1 aromatic carbocycles. The summed E-state index contributed by atoms with van der Waals surface area (Å²) in [5, 5.41) is 9.23. The van der Waals surface area contributed by atoms with E-state index in [1.54, 1.807) is 12.0 Å². The zero-order chi connectivity index (χ0) is 18.5. The Hall–Kier alpha value is -2.12. The van der Waals surface area contributed by atoms with E-state index < -0.39 is 12.0 Å². The van der Waals surface area contributed by atoms with Crippen molar-refractivity contribution in [3.8, 4) is 5.75 Å². The van der Waals surface area contributed by atoms with E-state index in [0.717, 1.165) is 31.8 Å². The number of aliphatic carboxylic acids is 1. The number of carboxylic acid groups (broad SMARTS) is 1. The van der Waals surface area contributed by atoms with E-state index in [2.05, 4.69) is 17.0 Å². The Bertz CT molecular complexity index is 626. The molecule has 0 radical (unpaired) electrons. The van der Waals surface area contributed by atoms with E-state index in [1.807, 2.05) is 17.0 Å². The molecule has 7 heteroatoms. The van der Waals surface area contributed by atoms with Gasteiger partial charge in [-0.1, -0.05) is 12.1 Å². The lowest BCUT2D eigenvalue weighted by molar-refractivity contribution is -0.143. The fraction of sp³-hybridized carbons (Fsp3) is 0.579. The smallest absolute Gasteiger partial charge is 0.320 e. The van der Waals surface area contributed by atoms with Gasteiger partial charge in [-0.05, 0) is 37.1 Å². The first-order valence-electron chi connectivity index (χ1n) is 9.17. The van der Waals surface area contributed by atoms with Crippen LogP contribution in [0.2, 0.25) is 0 Å². The van der Waals surface area contributed by atoms with Crippen LogP contribution in [0, 0.1) is 0 Å². The molecule has 7 nitrogen and oxygen atoms in total. The second kappa shape index (κ2) is 8.51. The number of carboxylic acids is 1. The minimum atomic E-state index is -0.820. The standard InChI is InChI=1S/C19H27N3O4/c1-26-16-6-4-15(5-7-16)13-20-9-11-21(12-10-20)18(23)14-22-8-2-3-17(22)19(24)25/h4-7,17H,2-3,8-14H2,1H3,(H,24,25). The van der Waals surface area contributed by atoms with Crippen molar-refractivity contribution in [3.05, 3.63) is 29.8 Å². The lowest BCUT2D eigenvalue weighted by Crippen LogP contribution is -2.51. The van der Waals surface area contributed by atoms with Crippen LogP contribution in [0.4, 0.5) is 0 Å². The van der Waals surface area contributed by atoms with Gasteiger partial charge >= 0.3 is 5.97 Å². The molecule has 2 fully saturated rings. The van der Waals surface area contributed by atoms with E-state index in [9.17, 15) is 14.7 Å². The topological polar surface area (TPSA) is 73.3 Å². The zero-order valence-electron chi connectivity index (χ0n) is 15.3. The van der Waals surface area contributed by atoms with Crippen molar-refractivity contribution in [2.24, 2.45) is 0 Å². The number of piperazine rings is 1. The third-order valence-electron chi connectivity index (χ3n) is 5.28. The van der Waals surface area contributed by atoms with Crippen molar-refractivity contribution in [1.29, 1.82) is 0 Å². The van der Waals surface area contributed by atoms with Gasteiger partial charge in [0.05, 0.1) is 13.7 Å². The molecule has 0 bridgehead atoms. The Labute approximate surface area is 154 Å². The molecule has 26 heavy (non-hydrogen) atoms. The van der Waals surface area contributed by atoms with Gasteiger partial charge in [0, 0.05) is 32.7 Å². The van der Waals surface area contributed by atoms with Crippen LogP contribution in [0.15, 0.2) is 24.3 Å². The monoisotopic (exact) mass is 361 g/mol. The first kappa shape index (κ1) is 18.7. The van der Waals surface area contributed by atoms with Crippen LogP contribution in [-0.4, -0.2) is 84.1 Å². The van der Waals surface area contributed by atoms with Gasteiger partial charge in [-0.2, -0.15) is 0 Å². The van der Waals surface area contributed by atoms with E-state index >= 15 is 0 Å². The Kier molecular flexibility index (Phi) is 6.11. The van der Waals surface area contributed by atoms with Crippen LogP contribution in [0.1, 0.15) is 18.4 Å². The number of carbonyl (C=O) groups excluding carboxylic acids is 1.